The Morgan fingerprint density at radius 2 is 2.42 bits per heavy atom. The van der Waals surface area contributed by atoms with Crippen molar-refractivity contribution in [2.75, 3.05) is 13.1 Å². The van der Waals surface area contributed by atoms with Crippen molar-refractivity contribution in [1.29, 1.82) is 0 Å². The van der Waals surface area contributed by atoms with Gasteiger partial charge in [-0.3, -0.25) is 4.68 Å². The van der Waals surface area contributed by atoms with Crippen LogP contribution in [0.1, 0.15) is 18.9 Å². The molecule has 4 heteroatoms. The second kappa shape index (κ2) is 4.48. The third-order valence-electron chi connectivity index (χ3n) is 2.17. The predicted octanol–water partition coefficient (Wildman–Crippen LogP) is 1.23. The molecule has 0 amide bonds. The zero-order valence-electron chi connectivity index (χ0n) is 6.94. The van der Waals surface area contributed by atoms with Crippen LogP contribution < -0.4 is 5.32 Å². The summed E-state index contributed by atoms with van der Waals surface area (Å²) in [7, 11) is 0. The minimum Gasteiger partial charge on any atom is -0.315 e. The van der Waals surface area contributed by atoms with Gasteiger partial charge in [0.1, 0.15) is 0 Å². The quantitative estimate of drug-likeness (QED) is 0.717. The lowest BCUT2D eigenvalue weighted by Crippen LogP contribution is -2.31. The maximum atomic E-state index is 4.22. The molecule has 0 saturated carbocycles. The summed E-state index contributed by atoms with van der Waals surface area (Å²) >= 11 is 0. The van der Waals surface area contributed by atoms with Crippen molar-refractivity contribution >= 4 is 12.4 Å². The summed E-state index contributed by atoms with van der Waals surface area (Å²) in [5.41, 5.74) is 0. The number of piperidine rings is 1. The van der Waals surface area contributed by atoms with Crippen LogP contribution in [0.4, 0.5) is 0 Å². The van der Waals surface area contributed by atoms with Gasteiger partial charge in [-0.15, -0.1) is 12.4 Å². The van der Waals surface area contributed by atoms with E-state index in [1.165, 1.54) is 12.8 Å². The van der Waals surface area contributed by atoms with E-state index < -0.39 is 0 Å². The summed E-state index contributed by atoms with van der Waals surface area (Å²) in [6.07, 6.45) is 6.41. The molecule has 1 aliphatic heterocycles. The highest BCUT2D eigenvalue weighted by molar-refractivity contribution is 5.85. The highest BCUT2D eigenvalue weighted by Gasteiger charge is 2.13. The molecule has 1 aromatic heterocycles. The van der Waals surface area contributed by atoms with Crippen LogP contribution in [0.2, 0.25) is 0 Å². The molecular weight excluding hydrogens is 174 g/mol. The van der Waals surface area contributed by atoms with Gasteiger partial charge in [0.25, 0.3) is 0 Å². The van der Waals surface area contributed by atoms with Crippen LogP contribution in [0.5, 0.6) is 0 Å². The standard InChI is InChI=1S/C8H13N3.ClH/c1-3-8(7-9-4-1)11-6-2-5-10-11;/h2,5-6,8-9H,1,3-4,7H2;1H. The van der Waals surface area contributed by atoms with Gasteiger partial charge in [0.2, 0.25) is 0 Å². The first kappa shape index (κ1) is 9.55. The van der Waals surface area contributed by atoms with E-state index in [-0.39, 0.29) is 12.4 Å². The summed E-state index contributed by atoms with van der Waals surface area (Å²) in [4.78, 5) is 0. The Labute approximate surface area is 78.6 Å². The lowest BCUT2D eigenvalue weighted by Gasteiger charge is -2.22. The third-order valence-corrected chi connectivity index (χ3v) is 2.17. The zero-order chi connectivity index (χ0) is 7.52. The molecule has 1 atom stereocenters. The van der Waals surface area contributed by atoms with E-state index >= 15 is 0 Å². The van der Waals surface area contributed by atoms with Crippen molar-refractivity contribution in [2.45, 2.75) is 18.9 Å². The molecule has 1 N–H and O–H groups in total. The summed E-state index contributed by atoms with van der Waals surface area (Å²) in [5.74, 6) is 0. The molecule has 0 aliphatic carbocycles. The van der Waals surface area contributed by atoms with E-state index in [0.717, 1.165) is 13.1 Å². The molecule has 2 rings (SSSR count). The number of nitrogens with zero attached hydrogens (tertiary/aromatic N) is 2. The average molecular weight is 188 g/mol. The number of rotatable bonds is 1. The highest BCUT2D eigenvalue weighted by Crippen LogP contribution is 2.14. The number of halogens is 1. The SMILES string of the molecule is Cl.c1cnn(C2CCCNC2)c1. The molecule has 1 saturated heterocycles. The first-order valence-corrected chi connectivity index (χ1v) is 4.16. The van der Waals surface area contributed by atoms with E-state index in [4.69, 9.17) is 0 Å². The third kappa shape index (κ3) is 1.99. The highest BCUT2D eigenvalue weighted by atomic mass is 35.5. The Morgan fingerprint density at radius 1 is 1.50 bits per heavy atom. The number of hydrogen-bond acceptors (Lipinski definition) is 2. The van der Waals surface area contributed by atoms with Crippen LogP contribution in [-0.2, 0) is 0 Å². The normalized spacial score (nSPS) is 23.2. The van der Waals surface area contributed by atoms with Crippen LogP contribution in [-0.4, -0.2) is 22.9 Å². The Morgan fingerprint density at radius 3 is 3.00 bits per heavy atom. The molecule has 68 valence electrons. The Bertz CT molecular complexity index is 204. The first-order chi connectivity index (χ1) is 5.47. The smallest absolute Gasteiger partial charge is 0.0644 e. The molecule has 3 nitrogen and oxygen atoms in total. The molecular formula is C8H14ClN3. The van der Waals surface area contributed by atoms with E-state index in [1.807, 2.05) is 23.1 Å². The number of aromatic nitrogens is 2. The van der Waals surface area contributed by atoms with Crippen LogP contribution in [0.25, 0.3) is 0 Å². The van der Waals surface area contributed by atoms with E-state index in [0.29, 0.717) is 6.04 Å². The fourth-order valence-corrected chi connectivity index (χ4v) is 1.56. The summed E-state index contributed by atoms with van der Waals surface area (Å²) in [5, 5.41) is 7.58. The van der Waals surface area contributed by atoms with Crippen molar-refractivity contribution in [1.82, 2.24) is 15.1 Å². The molecule has 12 heavy (non-hydrogen) atoms. The van der Waals surface area contributed by atoms with Gasteiger partial charge in [-0.2, -0.15) is 5.10 Å². The van der Waals surface area contributed by atoms with Gasteiger partial charge < -0.3 is 5.32 Å². The fourth-order valence-electron chi connectivity index (χ4n) is 1.56. The average Bonchev–Trinajstić information content (AvgIpc) is 2.58. The number of hydrogen-bond donors (Lipinski definition) is 1. The first-order valence-electron chi connectivity index (χ1n) is 4.16. The molecule has 2 heterocycles. The zero-order valence-corrected chi connectivity index (χ0v) is 7.76. The maximum absolute atomic E-state index is 4.22. The summed E-state index contributed by atoms with van der Waals surface area (Å²) in [6.45, 7) is 2.24. The minimum absolute atomic E-state index is 0. The molecule has 1 unspecified atom stereocenters. The van der Waals surface area contributed by atoms with Gasteiger partial charge in [-0.05, 0) is 25.5 Å². The summed E-state index contributed by atoms with van der Waals surface area (Å²) in [6, 6.07) is 2.56. The minimum atomic E-state index is 0. The van der Waals surface area contributed by atoms with E-state index in [1.54, 1.807) is 0 Å². The van der Waals surface area contributed by atoms with Crippen molar-refractivity contribution in [3.8, 4) is 0 Å². The lowest BCUT2D eigenvalue weighted by molar-refractivity contribution is 0.347. The van der Waals surface area contributed by atoms with Gasteiger partial charge in [0.15, 0.2) is 0 Å². The fraction of sp³-hybridized carbons (Fsp3) is 0.625. The van der Waals surface area contributed by atoms with Crippen LogP contribution in [0.15, 0.2) is 18.5 Å². The maximum Gasteiger partial charge on any atom is 0.0644 e. The largest absolute Gasteiger partial charge is 0.315 e. The van der Waals surface area contributed by atoms with Crippen molar-refractivity contribution in [2.24, 2.45) is 0 Å². The molecule has 1 aromatic rings. The molecule has 1 aliphatic rings. The molecule has 0 spiro atoms. The van der Waals surface area contributed by atoms with E-state index in [9.17, 15) is 0 Å². The van der Waals surface area contributed by atoms with Crippen molar-refractivity contribution in [3.05, 3.63) is 18.5 Å². The van der Waals surface area contributed by atoms with Crippen molar-refractivity contribution < 1.29 is 0 Å². The Kier molecular flexibility index (Phi) is 3.56. The van der Waals surface area contributed by atoms with Gasteiger partial charge in [0, 0.05) is 18.9 Å². The van der Waals surface area contributed by atoms with Gasteiger partial charge >= 0.3 is 0 Å². The van der Waals surface area contributed by atoms with Crippen LogP contribution in [0, 0.1) is 0 Å². The summed E-state index contributed by atoms with van der Waals surface area (Å²) < 4.78 is 2.05. The second-order valence-electron chi connectivity index (χ2n) is 2.99. The predicted molar refractivity (Wildman–Crippen MR) is 50.6 cm³/mol. The molecule has 1 fully saturated rings. The number of nitrogens with one attached hydrogen (secondary N) is 1. The van der Waals surface area contributed by atoms with Gasteiger partial charge in [-0.1, -0.05) is 0 Å². The Hall–Kier alpha value is -0.540. The molecule has 0 radical (unpaired) electrons. The molecule has 0 bridgehead atoms. The van der Waals surface area contributed by atoms with Crippen LogP contribution in [0.3, 0.4) is 0 Å². The van der Waals surface area contributed by atoms with E-state index in [2.05, 4.69) is 10.4 Å². The van der Waals surface area contributed by atoms with Gasteiger partial charge in [-0.25, -0.2) is 0 Å². The topological polar surface area (TPSA) is 29.9 Å². The Balaban J connectivity index is 0.000000720. The van der Waals surface area contributed by atoms with Crippen LogP contribution >= 0.6 is 12.4 Å². The second-order valence-corrected chi connectivity index (χ2v) is 2.99. The molecule has 0 aromatic carbocycles. The van der Waals surface area contributed by atoms with Gasteiger partial charge in [0.05, 0.1) is 6.04 Å². The lowest BCUT2D eigenvalue weighted by atomic mass is 10.1. The van der Waals surface area contributed by atoms with Crippen molar-refractivity contribution in [3.63, 3.8) is 0 Å². The monoisotopic (exact) mass is 187 g/mol.